The van der Waals surface area contributed by atoms with E-state index >= 15 is 0 Å². The second-order valence-electron chi connectivity index (χ2n) is 7.51. The third-order valence-electron chi connectivity index (χ3n) is 5.54. The van der Waals surface area contributed by atoms with Gasteiger partial charge < -0.3 is 23.5 Å². The number of hydrogen-bond donors (Lipinski definition) is 0. The zero-order valence-electron chi connectivity index (χ0n) is 18.5. The third kappa shape index (κ3) is 4.75. The molecule has 2 heterocycles. The topological polar surface area (TPSA) is 119 Å². The Kier molecular flexibility index (Phi) is 7.14. The van der Waals surface area contributed by atoms with Crippen molar-refractivity contribution in [1.29, 1.82) is 0 Å². The van der Waals surface area contributed by atoms with E-state index < -0.39 is 29.0 Å². The standard InChI is InChI=1S/C22H26N2O8/c1-13-8-16(14(2)23(13)11-15-6-5-7-31-15)19(25)12-32-22(26)17-9-20(29-3)21(30-4)10-18(17)24(27)28/h8-10,15H,5-7,11-12H2,1-4H3/t15-/m1/s1. The van der Waals surface area contributed by atoms with Crippen LogP contribution in [0.15, 0.2) is 18.2 Å². The third-order valence-corrected chi connectivity index (χ3v) is 5.54. The average molecular weight is 446 g/mol. The van der Waals surface area contributed by atoms with Crippen molar-refractivity contribution in [2.24, 2.45) is 0 Å². The number of Topliss-reactive ketones (excluding diaryl/α,β-unsaturated/α-hetero) is 1. The molecule has 1 saturated heterocycles. The van der Waals surface area contributed by atoms with E-state index in [-0.39, 0.29) is 23.2 Å². The summed E-state index contributed by atoms with van der Waals surface area (Å²) in [6, 6.07) is 3.99. The fourth-order valence-electron chi connectivity index (χ4n) is 3.83. The zero-order valence-corrected chi connectivity index (χ0v) is 18.5. The summed E-state index contributed by atoms with van der Waals surface area (Å²) in [6.45, 7) is 4.58. The van der Waals surface area contributed by atoms with E-state index in [1.165, 1.54) is 14.2 Å². The molecular weight excluding hydrogens is 420 g/mol. The van der Waals surface area contributed by atoms with Crippen molar-refractivity contribution >= 4 is 17.4 Å². The van der Waals surface area contributed by atoms with Crippen LogP contribution in [0.1, 0.15) is 44.9 Å². The van der Waals surface area contributed by atoms with E-state index in [9.17, 15) is 19.7 Å². The molecule has 0 aliphatic carbocycles. The molecule has 0 amide bonds. The van der Waals surface area contributed by atoms with E-state index in [0.717, 1.165) is 43.0 Å². The number of ether oxygens (including phenoxy) is 4. The molecular formula is C22H26N2O8. The van der Waals surface area contributed by atoms with Gasteiger partial charge in [-0.25, -0.2) is 4.79 Å². The lowest BCUT2D eigenvalue weighted by Crippen LogP contribution is -2.18. The Bertz CT molecular complexity index is 1040. The maximum atomic E-state index is 12.7. The lowest BCUT2D eigenvalue weighted by Gasteiger charge is -2.14. The number of nitrogens with zero attached hydrogens (tertiary/aromatic N) is 2. The van der Waals surface area contributed by atoms with Crippen LogP contribution in [0.25, 0.3) is 0 Å². The summed E-state index contributed by atoms with van der Waals surface area (Å²) in [5.74, 6) is -1.16. The molecule has 0 saturated carbocycles. The molecule has 0 spiro atoms. The van der Waals surface area contributed by atoms with E-state index in [1.807, 2.05) is 18.4 Å². The summed E-state index contributed by atoms with van der Waals surface area (Å²) in [5.41, 5.74) is 1.27. The van der Waals surface area contributed by atoms with Gasteiger partial charge in [0.25, 0.3) is 5.69 Å². The molecule has 1 aromatic heterocycles. The van der Waals surface area contributed by atoms with Crippen LogP contribution >= 0.6 is 0 Å². The molecule has 1 atom stereocenters. The van der Waals surface area contributed by atoms with Crippen molar-refractivity contribution < 1.29 is 33.5 Å². The highest BCUT2D eigenvalue weighted by Crippen LogP contribution is 2.34. The normalized spacial score (nSPS) is 15.4. The van der Waals surface area contributed by atoms with E-state index in [1.54, 1.807) is 6.07 Å². The number of hydrogen-bond acceptors (Lipinski definition) is 8. The summed E-state index contributed by atoms with van der Waals surface area (Å²) in [5, 5.41) is 11.4. The number of carbonyl (C=O) groups is 2. The number of esters is 1. The molecule has 1 aliphatic heterocycles. The first-order valence-electron chi connectivity index (χ1n) is 10.2. The van der Waals surface area contributed by atoms with Crippen LogP contribution in [0.5, 0.6) is 11.5 Å². The Balaban J connectivity index is 1.75. The first-order chi connectivity index (χ1) is 15.3. The predicted molar refractivity (Wildman–Crippen MR) is 114 cm³/mol. The van der Waals surface area contributed by atoms with Crippen molar-refractivity contribution in [3.05, 3.63) is 50.8 Å². The fraction of sp³-hybridized carbons (Fsp3) is 0.455. The molecule has 0 unspecified atom stereocenters. The molecule has 3 rings (SSSR count). The lowest BCUT2D eigenvalue weighted by molar-refractivity contribution is -0.385. The number of nitro groups is 1. The van der Waals surface area contributed by atoms with Gasteiger partial charge in [0.05, 0.1) is 31.3 Å². The van der Waals surface area contributed by atoms with Crippen molar-refractivity contribution in [3.8, 4) is 11.5 Å². The Morgan fingerprint density at radius 2 is 1.84 bits per heavy atom. The summed E-state index contributed by atoms with van der Waals surface area (Å²) in [6.07, 6.45) is 2.11. The molecule has 1 fully saturated rings. The minimum atomic E-state index is -1.00. The van der Waals surface area contributed by atoms with Gasteiger partial charge in [0.2, 0.25) is 5.78 Å². The van der Waals surface area contributed by atoms with Crippen LogP contribution in [0.2, 0.25) is 0 Å². The predicted octanol–water partition coefficient (Wildman–Crippen LogP) is 3.25. The van der Waals surface area contributed by atoms with Crippen molar-refractivity contribution in [2.45, 2.75) is 39.3 Å². The first-order valence-corrected chi connectivity index (χ1v) is 10.2. The SMILES string of the molecule is COc1cc(C(=O)OCC(=O)c2cc(C)n(C[C@H]3CCCO3)c2C)c([N+](=O)[O-])cc1OC. The maximum Gasteiger partial charge on any atom is 0.345 e. The highest BCUT2D eigenvalue weighted by atomic mass is 16.6. The van der Waals surface area contributed by atoms with E-state index in [2.05, 4.69) is 0 Å². The summed E-state index contributed by atoms with van der Waals surface area (Å²) >= 11 is 0. The largest absolute Gasteiger partial charge is 0.493 e. The second kappa shape index (κ2) is 9.82. The molecule has 32 heavy (non-hydrogen) atoms. The van der Waals surface area contributed by atoms with Gasteiger partial charge in [0.15, 0.2) is 18.1 Å². The minimum absolute atomic E-state index is 0.102. The highest BCUT2D eigenvalue weighted by molar-refractivity contribution is 6.01. The molecule has 1 aliphatic rings. The Labute approximate surface area is 185 Å². The Hall–Kier alpha value is -3.40. The number of aromatic nitrogens is 1. The van der Waals surface area contributed by atoms with E-state index in [4.69, 9.17) is 18.9 Å². The number of rotatable bonds is 9. The second-order valence-corrected chi connectivity index (χ2v) is 7.51. The number of methoxy groups -OCH3 is 2. The summed E-state index contributed by atoms with van der Waals surface area (Å²) in [7, 11) is 2.67. The minimum Gasteiger partial charge on any atom is -0.493 e. The smallest absolute Gasteiger partial charge is 0.345 e. The van der Waals surface area contributed by atoms with Gasteiger partial charge >= 0.3 is 5.97 Å². The van der Waals surface area contributed by atoms with Crippen molar-refractivity contribution in [3.63, 3.8) is 0 Å². The van der Waals surface area contributed by atoms with Crippen molar-refractivity contribution in [2.75, 3.05) is 27.4 Å². The molecule has 10 heteroatoms. The molecule has 1 aromatic carbocycles. The monoisotopic (exact) mass is 446 g/mol. The Morgan fingerprint density at radius 1 is 1.16 bits per heavy atom. The van der Waals surface area contributed by atoms with E-state index in [0.29, 0.717) is 12.1 Å². The molecule has 10 nitrogen and oxygen atoms in total. The lowest BCUT2D eigenvalue weighted by atomic mass is 10.1. The molecule has 0 radical (unpaired) electrons. The maximum absolute atomic E-state index is 12.7. The number of aryl methyl sites for hydroxylation is 1. The summed E-state index contributed by atoms with van der Waals surface area (Å²) < 4.78 is 23.0. The van der Waals surface area contributed by atoms with Gasteiger partial charge in [0.1, 0.15) is 5.56 Å². The number of carbonyl (C=O) groups excluding carboxylic acids is 2. The molecule has 172 valence electrons. The Morgan fingerprint density at radius 3 is 2.44 bits per heavy atom. The zero-order chi connectivity index (χ0) is 23.4. The number of ketones is 1. The fourth-order valence-corrected chi connectivity index (χ4v) is 3.83. The van der Waals surface area contributed by atoms with Gasteiger partial charge in [-0.15, -0.1) is 0 Å². The van der Waals surface area contributed by atoms with Crippen LogP contribution in [-0.4, -0.2) is 54.8 Å². The quantitative estimate of drug-likeness (QED) is 0.249. The number of nitro benzene ring substituents is 1. The van der Waals surface area contributed by atoms with Crippen LogP contribution in [0.3, 0.4) is 0 Å². The average Bonchev–Trinajstić information content (AvgIpc) is 3.39. The summed E-state index contributed by atoms with van der Waals surface area (Å²) in [4.78, 5) is 36.0. The number of benzene rings is 1. The molecule has 2 aromatic rings. The molecule has 0 N–H and O–H groups in total. The van der Waals surface area contributed by atoms with Gasteiger partial charge in [-0.1, -0.05) is 0 Å². The highest BCUT2D eigenvalue weighted by Gasteiger charge is 2.27. The van der Waals surface area contributed by atoms with Crippen LogP contribution in [-0.2, 0) is 16.0 Å². The molecule has 0 bridgehead atoms. The van der Waals surface area contributed by atoms with Gasteiger partial charge in [0, 0.05) is 36.2 Å². The van der Waals surface area contributed by atoms with Gasteiger partial charge in [-0.2, -0.15) is 0 Å². The van der Waals surface area contributed by atoms with Gasteiger partial charge in [-0.05, 0) is 32.8 Å². The van der Waals surface area contributed by atoms with Crippen LogP contribution in [0.4, 0.5) is 5.69 Å². The van der Waals surface area contributed by atoms with Gasteiger partial charge in [-0.3, -0.25) is 14.9 Å². The van der Waals surface area contributed by atoms with Crippen LogP contribution < -0.4 is 9.47 Å². The first kappa shape index (κ1) is 23.3. The van der Waals surface area contributed by atoms with Crippen LogP contribution in [0, 0.1) is 24.0 Å². The van der Waals surface area contributed by atoms with Crippen molar-refractivity contribution in [1.82, 2.24) is 4.57 Å².